The number of nitrogens with zero attached hydrogens (tertiary/aromatic N) is 4. The maximum absolute atomic E-state index is 14.2. The van der Waals surface area contributed by atoms with Crippen LogP contribution in [0, 0.1) is 12.7 Å². The van der Waals surface area contributed by atoms with Gasteiger partial charge in [-0.05, 0) is 30.7 Å². The highest BCUT2D eigenvalue weighted by Gasteiger charge is 2.08. The number of halogens is 1. The normalized spacial score (nSPS) is 10.6. The summed E-state index contributed by atoms with van der Waals surface area (Å²) in [5.41, 5.74) is 1.31. The minimum atomic E-state index is -0.288. The molecular weight excluding hydrogens is 269 g/mol. The topological polar surface area (TPSA) is 55.6 Å². The Labute approximate surface area is 121 Å². The fourth-order valence-electron chi connectivity index (χ4n) is 2.06. The number of aryl methyl sites for hydroxylation is 1. The van der Waals surface area contributed by atoms with Gasteiger partial charge in [-0.3, -0.25) is 0 Å². The monoisotopic (exact) mass is 283 g/mol. The third-order valence-electron chi connectivity index (χ3n) is 3.11. The Bertz CT molecular complexity index is 739. The highest BCUT2D eigenvalue weighted by molar-refractivity contribution is 5.38. The Hall–Kier alpha value is -2.76. The Morgan fingerprint density at radius 3 is 2.62 bits per heavy atom. The van der Waals surface area contributed by atoms with E-state index in [2.05, 4.69) is 20.3 Å². The van der Waals surface area contributed by atoms with Gasteiger partial charge < -0.3 is 9.88 Å². The molecule has 5 nitrogen and oxygen atoms in total. The minimum absolute atomic E-state index is 0.288. The SMILES string of the molecule is Cc1nccn1-c1ccc(CNc2ncccn2)cc1F. The number of anilines is 1. The molecule has 2 aromatic heterocycles. The summed E-state index contributed by atoms with van der Waals surface area (Å²) in [6.45, 7) is 2.30. The summed E-state index contributed by atoms with van der Waals surface area (Å²) in [6.07, 6.45) is 6.70. The predicted molar refractivity (Wildman–Crippen MR) is 77.6 cm³/mol. The number of hydrogen-bond acceptors (Lipinski definition) is 4. The van der Waals surface area contributed by atoms with Gasteiger partial charge in [0.2, 0.25) is 5.95 Å². The molecule has 1 aromatic carbocycles. The van der Waals surface area contributed by atoms with E-state index in [1.807, 2.05) is 13.0 Å². The first-order chi connectivity index (χ1) is 10.2. The lowest BCUT2D eigenvalue weighted by molar-refractivity contribution is 0.614. The van der Waals surface area contributed by atoms with Crippen molar-refractivity contribution in [3.8, 4) is 5.69 Å². The molecule has 0 aliphatic rings. The lowest BCUT2D eigenvalue weighted by Gasteiger charge is -2.09. The Morgan fingerprint density at radius 2 is 1.95 bits per heavy atom. The molecular formula is C15H14FN5. The molecule has 21 heavy (non-hydrogen) atoms. The zero-order valence-corrected chi connectivity index (χ0v) is 11.5. The summed E-state index contributed by atoms with van der Waals surface area (Å²) in [4.78, 5) is 12.2. The molecule has 1 N–H and O–H groups in total. The van der Waals surface area contributed by atoms with Crippen LogP contribution in [0.3, 0.4) is 0 Å². The second-order valence-electron chi connectivity index (χ2n) is 4.56. The van der Waals surface area contributed by atoms with Crippen LogP contribution in [0.1, 0.15) is 11.4 Å². The number of aromatic nitrogens is 4. The number of rotatable bonds is 4. The summed E-state index contributed by atoms with van der Waals surface area (Å²) in [6, 6.07) is 6.86. The van der Waals surface area contributed by atoms with Crippen LogP contribution in [-0.2, 0) is 6.54 Å². The van der Waals surface area contributed by atoms with Gasteiger partial charge in [0, 0.05) is 31.3 Å². The van der Waals surface area contributed by atoms with Crippen LogP contribution in [0.25, 0.3) is 5.69 Å². The lowest BCUT2D eigenvalue weighted by atomic mass is 10.2. The van der Waals surface area contributed by atoms with Gasteiger partial charge in [0.15, 0.2) is 0 Å². The fourth-order valence-corrected chi connectivity index (χ4v) is 2.06. The molecule has 2 heterocycles. The molecule has 0 radical (unpaired) electrons. The molecule has 0 aliphatic carbocycles. The van der Waals surface area contributed by atoms with E-state index < -0.39 is 0 Å². The number of hydrogen-bond donors (Lipinski definition) is 1. The average molecular weight is 283 g/mol. The van der Waals surface area contributed by atoms with Gasteiger partial charge in [-0.25, -0.2) is 19.3 Å². The largest absolute Gasteiger partial charge is 0.350 e. The van der Waals surface area contributed by atoms with Crippen molar-refractivity contribution < 1.29 is 4.39 Å². The van der Waals surface area contributed by atoms with E-state index in [4.69, 9.17) is 0 Å². The predicted octanol–water partition coefficient (Wildman–Crippen LogP) is 2.72. The van der Waals surface area contributed by atoms with Gasteiger partial charge >= 0.3 is 0 Å². The van der Waals surface area contributed by atoms with Gasteiger partial charge in [-0.2, -0.15) is 0 Å². The van der Waals surface area contributed by atoms with Gasteiger partial charge in [-0.1, -0.05) is 6.07 Å². The minimum Gasteiger partial charge on any atom is -0.350 e. The van der Waals surface area contributed by atoms with Gasteiger partial charge in [0.25, 0.3) is 0 Å². The third-order valence-corrected chi connectivity index (χ3v) is 3.11. The van der Waals surface area contributed by atoms with Crippen LogP contribution in [0.2, 0.25) is 0 Å². The number of imidazole rings is 1. The van der Waals surface area contributed by atoms with Crippen LogP contribution < -0.4 is 5.32 Å². The number of benzene rings is 1. The molecule has 3 rings (SSSR count). The number of nitrogens with one attached hydrogen (secondary N) is 1. The zero-order valence-electron chi connectivity index (χ0n) is 11.5. The molecule has 0 aliphatic heterocycles. The molecule has 0 unspecified atom stereocenters. The van der Waals surface area contributed by atoms with Crippen LogP contribution in [0.5, 0.6) is 0 Å². The van der Waals surface area contributed by atoms with E-state index in [0.717, 1.165) is 11.4 Å². The molecule has 0 atom stereocenters. The van der Waals surface area contributed by atoms with E-state index >= 15 is 0 Å². The summed E-state index contributed by atoms with van der Waals surface area (Å²) in [5, 5.41) is 3.05. The molecule has 106 valence electrons. The summed E-state index contributed by atoms with van der Waals surface area (Å²) in [5.74, 6) is 0.981. The molecule has 0 spiro atoms. The van der Waals surface area contributed by atoms with Gasteiger partial charge in [0.1, 0.15) is 11.6 Å². The summed E-state index contributed by atoms with van der Waals surface area (Å²) < 4.78 is 15.9. The zero-order chi connectivity index (χ0) is 14.7. The second kappa shape index (κ2) is 5.70. The molecule has 0 amide bonds. The van der Waals surface area contributed by atoms with Crippen molar-refractivity contribution in [2.75, 3.05) is 5.32 Å². The summed E-state index contributed by atoms with van der Waals surface area (Å²) in [7, 11) is 0. The van der Waals surface area contributed by atoms with Crippen LogP contribution >= 0.6 is 0 Å². The van der Waals surface area contributed by atoms with Crippen molar-refractivity contribution in [3.05, 3.63) is 66.3 Å². The highest BCUT2D eigenvalue weighted by atomic mass is 19.1. The highest BCUT2D eigenvalue weighted by Crippen LogP contribution is 2.17. The van der Waals surface area contributed by atoms with E-state index in [1.54, 1.807) is 41.5 Å². The van der Waals surface area contributed by atoms with Gasteiger partial charge in [-0.15, -0.1) is 0 Å². The van der Waals surface area contributed by atoms with Crippen molar-refractivity contribution >= 4 is 5.95 Å². The van der Waals surface area contributed by atoms with E-state index in [9.17, 15) is 4.39 Å². The van der Waals surface area contributed by atoms with Crippen LogP contribution in [0.4, 0.5) is 10.3 Å². The summed E-state index contributed by atoms with van der Waals surface area (Å²) >= 11 is 0. The first-order valence-corrected chi connectivity index (χ1v) is 6.53. The first-order valence-electron chi connectivity index (χ1n) is 6.53. The van der Waals surface area contributed by atoms with Crippen molar-refractivity contribution in [1.82, 2.24) is 19.5 Å². The van der Waals surface area contributed by atoms with Gasteiger partial charge in [0.05, 0.1) is 5.69 Å². The average Bonchev–Trinajstić information content (AvgIpc) is 2.92. The van der Waals surface area contributed by atoms with Crippen molar-refractivity contribution in [1.29, 1.82) is 0 Å². The molecule has 0 bridgehead atoms. The maximum Gasteiger partial charge on any atom is 0.222 e. The standard InChI is InChI=1S/C15H14FN5/c1-11-17-7-8-21(11)14-4-3-12(9-13(14)16)10-20-15-18-5-2-6-19-15/h2-9H,10H2,1H3,(H,18,19,20). The van der Waals surface area contributed by atoms with Crippen molar-refractivity contribution in [2.45, 2.75) is 13.5 Å². The van der Waals surface area contributed by atoms with Crippen LogP contribution in [0.15, 0.2) is 49.1 Å². The smallest absolute Gasteiger partial charge is 0.222 e. The molecule has 3 aromatic rings. The maximum atomic E-state index is 14.2. The lowest BCUT2D eigenvalue weighted by Crippen LogP contribution is -2.05. The molecule has 0 saturated carbocycles. The van der Waals surface area contributed by atoms with E-state index in [-0.39, 0.29) is 5.82 Å². The third kappa shape index (κ3) is 2.89. The Balaban J connectivity index is 1.77. The second-order valence-corrected chi connectivity index (χ2v) is 4.56. The van der Waals surface area contributed by atoms with Crippen molar-refractivity contribution in [2.24, 2.45) is 0 Å². The van der Waals surface area contributed by atoms with Crippen molar-refractivity contribution in [3.63, 3.8) is 0 Å². The van der Waals surface area contributed by atoms with E-state index in [1.165, 1.54) is 6.07 Å². The molecule has 0 fully saturated rings. The molecule has 6 heteroatoms. The van der Waals surface area contributed by atoms with Crippen LogP contribution in [-0.4, -0.2) is 19.5 Å². The fraction of sp³-hybridized carbons (Fsp3) is 0.133. The quantitative estimate of drug-likeness (QED) is 0.800. The van der Waals surface area contributed by atoms with E-state index in [0.29, 0.717) is 18.2 Å². The molecule has 0 saturated heterocycles. The first kappa shape index (κ1) is 13.2. The Kier molecular flexibility index (Phi) is 3.59. The Morgan fingerprint density at radius 1 is 1.14 bits per heavy atom.